The van der Waals surface area contributed by atoms with E-state index in [-0.39, 0.29) is 4.53 Å². The largest absolute Gasteiger partial charge is 0.220 e. The lowest BCUT2D eigenvalue weighted by molar-refractivity contribution is 0.612. The molecule has 0 radical (unpaired) electrons. The average Bonchev–Trinajstić information content (AvgIpc) is 1.67. The zero-order chi connectivity index (χ0) is 6.78. The van der Waals surface area contributed by atoms with E-state index < -0.39 is 9.84 Å². The summed E-state index contributed by atoms with van der Waals surface area (Å²) in [6.45, 7) is 6.43. The highest BCUT2D eigenvalue weighted by molar-refractivity contribution is 7.99. The van der Waals surface area contributed by atoms with Crippen LogP contribution in [0.25, 0.3) is 0 Å². The lowest BCUT2D eigenvalue weighted by Crippen LogP contribution is -1.96. The Bertz CT molecular complexity index is 202. The Hall–Kier alpha value is -0.353. The van der Waals surface area contributed by atoms with Crippen molar-refractivity contribution in [2.24, 2.45) is 0 Å². The summed E-state index contributed by atoms with van der Waals surface area (Å²) in [6.07, 6.45) is 0. The Morgan fingerprint density at radius 2 is 2.00 bits per heavy atom. The van der Waals surface area contributed by atoms with E-state index in [0.717, 1.165) is 5.41 Å². The molecule has 8 heavy (non-hydrogen) atoms. The molecule has 0 unspecified atom stereocenters. The first-order valence-corrected chi connectivity index (χ1v) is 4.58. The molecule has 4 heteroatoms. The van der Waals surface area contributed by atoms with Crippen LogP contribution in [0.3, 0.4) is 0 Å². The first-order valence-electron chi connectivity index (χ1n) is 2.03. The van der Waals surface area contributed by atoms with Crippen LogP contribution in [0.4, 0.5) is 0 Å². The summed E-state index contributed by atoms with van der Waals surface area (Å²) in [7, 11) is -2.62. The summed E-state index contributed by atoms with van der Waals surface area (Å²) in [6, 6.07) is 0. The minimum atomic E-state index is -3.10. The highest BCUT2D eigenvalue weighted by Crippen LogP contribution is 1.98. The van der Waals surface area contributed by atoms with E-state index >= 15 is 0 Å². The Morgan fingerprint density at radius 1 is 1.62 bits per heavy atom. The van der Waals surface area contributed by atoms with Crippen LogP contribution in [0, 0.1) is 0 Å². The summed E-state index contributed by atoms with van der Waals surface area (Å²) in [5.41, 5.74) is 0. The molecule has 0 N–H and O–H groups in total. The van der Waals surface area contributed by atoms with E-state index in [0.29, 0.717) is 10.2 Å². The van der Waals surface area contributed by atoms with E-state index in [2.05, 4.69) is 13.2 Å². The number of hydrogen-bond acceptors (Lipinski definition) is 2. The molecule has 0 saturated carbocycles. The highest BCUT2D eigenvalue weighted by Gasteiger charge is 2.01. The number of hydrogen-bond donors (Lipinski definition) is 0. The first kappa shape index (κ1) is 7.65. The van der Waals surface area contributed by atoms with E-state index in [9.17, 15) is 8.42 Å². The Kier molecular flexibility index (Phi) is 2.18. The van der Waals surface area contributed by atoms with Crippen molar-refractivity contribution in [1.82, 2.24) is 0 Å². The van der Waals surface area contributed by atoms with Gasteiger partial charge in [-0.2, -0.15) is 0 Å². The van der Waals surface area contributed by atoms with Crippen LogP contribution in [0.15, 0.2) is 23.1 Å². The molecule has 0 aliphatic carbocycles. The second kappa shape index (κ2) is 2.28. The fourth-order valence-corrected chi connectivity index (χ4v) is 0.927. The third-order valence-electron chi connectivity index (χ3n) is 0.705. The van der Waals surface area contributed by atoms with Crippen molar-refractivity contribution >= 4 is 20.1 Å². The van der Waals surface area contributed by atoms with Gasteiger partial charge in [-0.1, -0.05) is 13.2 Å². The second-order valence-corrected chi connectivity index (χ2v) is 5.47. The van der Waals surface area contributed by atoms with E-state index in [4.69, 9.17) is 0 Å². The molecule has 46 valence electrons. The topological polar surface area (TPSA) is 34.1 Å². The monoisotopic (exact) mass is 148 g/mol. The lowest BCUT2D eigenvalue weighted by atomic mass is 11.2. The smallest absolute Gasteiger partial charge is 0.190 e. The molecule has 0 heterocycles. The zero-order valence-corrected chi connectivity index (χ0v) is 7.53. The molecule has 0 aliphatic rings. The molecule has 0 aromatic rings. The third kappa shape index (κ3) is 1.63. The van der Waals surface area contributed by atoms with Crippen LogP contribution in [-0.4, -0.2) is 18.7 Å². The van der Waals surface area contributed by atoms with Crippen molar-refractivity contribution in [3.8, 4) is 0 Å². The predicted octanol–water partition coefficient (Wildman–Crippen LogP) is -0.619. The van der Waals surface area contributed by atoms with Gasteiger partial charge in [-0.25, -0.2) is 8.42 Å². The van der Waals surface area contributed by atoms with Gasteiger partial charge >= 0.3 is 0 Å². The third-order valence-corrected chi connectivity index (χ3v) is 3.82. The predicted molar refractivity (Wildman–Crippen MR) is 38.2 cm³/mol. The molecular formula is C4H8O2SSi. The molecule has 0 saturated heterocycles. The summed E-state index contributed by atoms with van der Waals surface area (Å²) < 4.78 is 21.3. The molecule has 0 aromatic carbocycles. The molecule has 0 fully saturated rings. The molecule has 0 aromatic heterocycles. The van der Waals surface area contributed by atoms with Gasteiger partial charge in [0, 0.05) is 9.94 Å². The molecule has 0 bridgehead atoms. The van der Waals surface area contributed by atoms with Gasteiger partial charge in [0.2, 0.25) is 0 Å². The molecule has 0 amide bonds. The standard InChI is InChI=1S/C4H8O2SSi/c1-3-7(5,6)4(2)8/h3H,1-2H2,8H3. The maximum absolute atomic E-state index is 10.5. The van der Waals surface area contributed by atoms with Gasteiger partial charge in [-0.15, -0.1) is 0 Å². The molecule has 0 atom stereocenters. The van der Waals surface area contributed by atoms with Crippen molar-refractivity contribution < 1.29 is 8.42 Å². The quantitative estimate of drug-likeness (QED) is 0.489. The van der Waals surface area contributed by atoms with Crippen molar-refractivity contribution in [3.63, 3.8) is 0 Å². The van der Waals surface area contributed by atoms with E-state index in [1.54, 1.807) is 0 Å². The van der Waals surface area contributed by atoms with Gasteiger partial charge in [0.15, 0.2) is 9.84 Å². The van der Waals surface area contributed by atoms with Gasteiger partial charge in [-0.05, 0) is 0 Å². The van der Waals surface area contributed by atoms with Crippen molar-refractivity contribution in [1.29, 1.82) is 0 Å². The summed E-state index contributed by atoms with van der Waals surface area (Å²) in [4.78, 5) is 0. The van der Waals surface area contributed by atoms with Gasteiger partial charge in [0.05, 0.1) is 10.2 Å². The maximum atomic E-state index is 10.5. The molecule has 0 spiro atoms. The van der Waals surface area contributed by atoms with Crippen LogP contribution < -0.4 is 0 Å². The molecular weight excluding hydrogens is 140 g/mol. The molecule has 2 nitrogen and oxygen atoms in total. The van der Waals surface area contributed by atoms with Gasteiger partial charge in [0.25, 0.3) is 0 Å². The first-order chi connectivity index (χ1) is 3.50. The van der Waals surface area contributed by atoms with Crippen molar-refractivity contribution in [2.45, 2.75) is 0 Å². The SMILES string of the molecule is C=CS(=O)(=O)C(=C)[SiH3]. The lowest BCUT2D eigenvalue weighted by Gasteiger charge is -1.90. The highest BCUT2D eigenvalue weighted by atomic mass is 32.2. The van der Waals surface area contributed by atoms with Crippen LogP contribution in [0.5, 0.6) is 0 Å². The van der Waals surface area contributed by atoms with Crippen LogP contribution in [-0.2, 0) is 9.84 Å². The Labute approximate surface area is 52.3 Å². The van der Waals surface area contributed by atoms with Crippen molar-refractivity contribution in [2.75, 3.05) is 0 Å². The van der Waals surface area contributed by atoms with E-state index in [1.807, 2.05) is 0 Å². The summed E-state index contributed by atoms with van der Waals surface area (Å²) in [5.74, 6) is 0. The zero-order valence-electron chi connectivity index (χ0n) is 4.72. The van der Waals surface area contributed by atoms with Crippen LogP contribution in [0.2, 0.25) is 0 Å². The fraction of sp³-hybridized carbons (Fsp3) is 0. The Morgan fingerprint density at radius 3 is 2.00 bits per heavy atom. The Balaban J connectivity index is 4.68. The minimum absolute atomic E-state index is 0.271. The average molecular weight is 148 g/mol. The van der Waals surface area contributed by atoms with Gasteiger partial charge in [0.1, 0.15) is 0 Å². The maximum Gasteiger partial charge on any atom is 0.190 e. The summed E-state index contributed by atoms with van der Waals surface area (Å²) >= 11 is 0. The number of sulfone groups is 1. The fourth-order valence-electron chi connectivity index (χ4n) is 0.142. The normalized spacial score (nSPS) is 11.0. The second-order valence-electron chi connectivity index (χ2n) is 1.41. The molecule has 0 rings (SSSR count). The van der Waals surface area contributed by atoms with Crippen LogP contribution >= 0.6 is 0 Å². The van der Waals surface area contributed by atoms with Gasteiger partial charge < -0.3 is 0 Å². The summed E-state index contributed by atoms with van der Waals surface area (Å²) in [5, 5.41) is 0.919. The van der Waals surface area contributed by atoms with Crippen LogP contribution in [0.1, 0.15) is 0 Å². The van der Waals surface area contributed by atoms with Crippen molar-refractivity contribution in [3.05, 3.63) is 23.1 Å². The van der Waals surface area contributed by atoms with Gasteiger partial charge in [-0.3, -0.25) is 0 Å². The number of rotatable bonds is 2. The van der Waals surface area contributed by atoms with E-state index in [1.165, 1.54) is 0 Å². The minimum Gasteiger partial charge on any atom is -0.220 e. The molecule has 0 aliphatic heterocycles.